The summed E-state index contributed by atoms with van der Waals surface area (Å²) in [5.41, 5.74) is 0.890. The number of hydrogen-bond acceptors (Lipinski definition) is 7. The Kier molecular flexibility index (Phi) is 5.95. The summed E-state index contributed by atoms with van der Waals surface area (Å²) in [6.07, 6.45) is 0.899. The molecule has 3 heterocycles. The number of benzene rings is 2. The number of aromatic nitrogens is 2. The summed E-state index contributed by atoms with van der Waals surface area (Å²) in [7, 11) is 0. The van der Waals surface area contributed by atoms with Crippen molar-refractivity contribution >= 4 is 22.8 Å². The summed E-state index contributed by atoms with van der Waals surface area (Å²) in [6, 6.07) is 11.3. The number of aromatic hydroxyl groups is 1. The van der Waals surface area contributed by atoms with Gasteiger partial charge in [0.05, 0.1) is 24.3 Å². The first-order chi connectivity index (χ1) is 16.4. The van der Waals surface area contributed by atoms with Gasteiger partial charge in [-0.2, -0.15) is 0 Å². The highest BCUT2D eigenvalue weighted by atomic mass is 19.1. The maximum atomic E-state index is 14.1. The predicted octanol–water partition coefficient (Wildman–Crippen LogP) is 3.87. The number of anilines is 1. The van der Waals surface area contributed by atoms with Crippen LogP contribution in [-0.4, -0.2) is 60.1 Å². The van der Waals surface area contributed by atoms with E-state index in [0.717, 1.165) is 12.8 Å². The topological polar surface area (TPSA) is 96.8 Å². The first kappa shape index (κ1) is 22.3. The van der Waals surface area contributed by atoms with Crippen LogP contribution in [0, 0.1) is 11.2 Å². The van der Waals surface area contributed by atoms with E-state index in [0.29, 0.717) is 61.0 Å². The first-order valence-electron chi connectivity index (χ1n) is 11.4. The number of phenols is 1. The lowest BCUT2D eigenvalue weighted by atomic mass is 9.90. The quantitative estimate of drug-likeness (QED) is 0.589. The zero-order valence-corrected chi connectivity index (χ0v) is 19.0. The molecular weight excluding hydrogens is 439 g/mol. The standard InChI is InChI=1S/C25H27FN4O4/c1-25(14-27-24(32)34-17-8-11-33-13-17)9-10-30(15-25)23-19-12-16(26)6-7-20(19)28-22(29-23)18-4-2-3-5-21(18)31/h2-7,12,17,31H,8-11,13-15H2,1H3,(H,27,32)/t17-,25+/m1/s1. The van der Waals surface area contributed by atoms with Gasteiger partial charge < -0.3 is 24.8 Å². The van der Waals surface area contributed by atoms with Crippen LogP contribution in [0.25, 0.3) is 22.3 Å². The van der Waals surface area contributed by atoms with Crippen LogP contribution in [0.4, 0.5) is 15.0 Å². The largest absolute Gasteiger partial charge is 0.507 e. The number of hydrogen-bond donors (Lipinski definition) is 2. The molecule has 0 unspecified atom stereocenters. The number of amides is 1. The number of nitrogens with zero attached hydrogens (tertiary/aromatic N) is 3. The Balaban J connectivity index is 1.38. The van der Waals surface area contributed by atoms with Gasteiger partial charge in [-0.15, -0.1) is 0 Å². The molecule has 8 nitrogen and oxygen atoms in total. The number of alkyl carbamates (subject to hydrolysis) is 1. The average Bonchev–Trinajstić information content (AvgIpc) is 3.47. The normalized spacial score (nSPS) is 22.3. The summed E-state index contributed by atoms with van der Waals surface area (Å²) in [5, 5.41) is 13.8. The van der Waals surface area contributed by atoms with E-state index < -0.39 is 6.09 Å². The maximum Gasteiger partial charge on any atom is 0.407 e. The lowest BCUT2D eigenvalue weighted by Gasteiger charge is -2.26. The number of carbonyl (C=O) groups is 1. The molecule has 1 amide bonds. The number of phenolic OH excluding ortho intramolecular Hbond substituents is 1. The molecule has 0 aliphatic carbocycles. The average molecular weight is 467 g/mol. The molecule has 2 saturated heterocycles. The van der Waals surface area contributed by atoms with Gasteiger partial charge in [0.1, 0.15) is 23.5 Å². The third kappa shape index (κ3) is 4.61. The molecular formula is C25H27FN4O4. The summed E-state index contributed by atoms with van der Waals surface area (Å²) in [4.78, 5) is 23.6. The van der Waals surface area contributed by atoms with Gasteiger partial charge >= 0.3 is 6.09 Å². The van der Waals surface area contributed by atoms with Gasteiger partial charge in [0.2, 0.25) is 0 Å². The molecule has 1 aromatic heterocycles. The first-order valence-corrected chi connectivity index (χ1v) is 11.4. The predicted molar refractivity (Wildman–Crippen MR) is 125 cm³/mol. The Labute approximate surface area is 196 Å². The number of nitrogens with one attached hydrogen (secondary N) is 1. The number of rotatable bonds is 5. The highest BCUT2D eigenvalue weighted by Crippen LogP contribution is 2.37. The molecule has 178 valence electrons. The van der Waals surface area contributed by atoms with Crippen molar-refractivity contribution in [3.63, 3.8) is 0 Å². The number of para-hydroxylation sites is 1. The molecule has 0 bridgehead atoms. The minimum atomic E-state index is -0.438. The fourth-order valence-corrected chi connectivity index (χ4v) is 4.54. The van der Waals surface area contributed by atoms with Crippen LogP contribution in [0.15, 0.2) is 42.5 Å². The molecule has 0 spiro atoms. The maximum absolute atomic E-state index is 14.1. The van der Waals surface area contributed by atoms with Crippen LogP contribution in [-0.2, 0) is 9.47 Å². The van der Waals surface area contributed by atoms with Crippen LogP contribution in [0.3, 0.4) is 0 Å². The second-order valence-electron chi connectivity index (χ2n) is 9.28. The molecule has 2 atom stereocenters. The van der Waals surface area contributed by atoms with E-state index in [-0.39, 0.29) is 23.1 Å². The van der Waals surface area contributed by atoms with Gasteiger partial charge in [-0.1, -0.05) is 19.1 Å². The number of carbonyl (C=O) groups excluding carboxylic acids is 1. The van der Waals surface area contributed by atoms with E-state index in [1.54, 1.807) is 24.3 Å². The van der Waals surface area contributed by atoms with E-state index in [4.69, 9.17) is 14.5 Å². The molecule has 2 aromatic carbocycles. The molecule has 0 radical (unpaired) electrons. The number of halogens is 1. The van der Waals surface area contributed by atoms with Crippen molar-refractivity contribution in [3.05, 3.63) is 48.3 Å². The zero-order chi connectivity index (χ0) is 23.7. The molecule has 34 heavy (non-hydrogen) atoms. The Morgan fingerprint density at radius 3 is 2.97 bits per heavy atom. The molecule has 2 aliphatic heterocycles. The van der Waals surface area contributed by atoms with Crippen molar-refractivity contribution in [2.45, 2.75) is 25.9 Å². The molecule has 3 aromatic rings. The Hall–Kier alpha value is -3.46. The van der Waals surface area contributed by atoms with Gasteiger partial charge in [0.25, 0.3) is 0 Å². The van der Waals surface area contributed by atoms with Crippen molar-refractivity contribution in [2.24, 2.45) is 5.41 Å². The van der Waals surface area contributed by atoms with Gasteiger partial charge in [-0.05, 0) is 36.8 Å². The van der Waals surface area contributed by atoms with Crippen molar-refractivity contribution in [2.75, 3.05) is 37.7 Å². The van der Waals surface area contributed by atoms with Crippen LogP contribution in [0.2, 0.25) is 0 Å². The van der Waals surface area contributed by atoms with E-state index in [1.807, 2.05) is 6.07 Å². The van der Waals surface area contributed by atoms with Crippen molar-refractivity contribution in [3.8, 4) is 17.1 Å². The smallest absolute Gasteiger partial charge is 0.407 e. The summed E-state index contributed by atoms with van der Waals surface area (Å²) in [6.45, 7) is 4.89. The zero-order valence-electron chi connectivity index (χ0n) is 19.0. The SMILES string of the molecule is C[C@@]1(CNC(=O)O[C@@H]2CCOC2)CCN(c2nc(-c3ccccc3O)nc3ccc(F)cc23)C1. The van der Waals surface area contributed by atoms with Gasteiger partial charge in [0, 0.05) is 36.9 Å². The van der Waals surface area contributed by atoms with Crippen LogP contribution < -0.4 is 10.2 Å². The minimum absolute atomic E-state index is 0.0801. The summed E-state index contributed by atoms with van der Waals surface area (Å²) >= 11 is 0. The molecule has 2 aliphatic rings. The monoisotopic (exact) mass is 466 g/mol. The Morgan fingerprint density at radius 2 is 2.18 bits per heavy atom. The van der Waals surface area contributed by atoms with Gasteiger partial charge in [-0.25, -0.2) is 19.2 Å². The second kappa shape index (κ2) is 9.06. The van der Waals surface area contributed by atoms with E-state index in [2.05, 4.69) is 22.1 Å². The summed E-state index contributed by atoms with van der Waals surface area (Å²) in [5.74, 6) is 0.699. The van der Waals surface area contributed by atoms with E-state index in [9.17, 15) is 14.3 Å². The number of fused-ring (bicyclic) bond motifs is 1. The molecule has 9 heteroatoms. The van der Waals surface area contributed by atoms with Gasteiger partial charge in [-0.3, -0.25) is 0 Å². The van der Waals surface area contributed by atoms with Crippen molar-refractivity contribution < 1.29 is 23.8 Å². The van der Waals surface area contributed by atoms with Crippen molar-refractivity contribution in [1.29, 1.82) is 0 Å². The lowest BCUT2D eigenvalue weighted by molar-refractivity contribution is 0.0809. The highest BCUT2D eigenvalue weighted by molar-refractivity contribution is 5.91. The minimum Gasteiger partial charge on any atom is -0.507 e. The summed E-state index contributed by atoms with van der Waals surface area (Å²) < 4.78 is 24.8. The van der Waals surface area contributed by atoms with E-state index in [1.165, 1.54) is 12.1 Å². The fourth-order valence-electron chi connectivity index (χ4n) is 4.54. The molecule has 5 rings (SSSR count). The van der Waals surface area contributed by atoms with Crippen LogP contribution in [0.1, 0.15) is 19.8 Å². The third-order valence-corrected chi connectivity index (χ3v) is 6.46. The van der Waals surface area contributed by atoms with Crippen molar-refractivity contribution in [1.82, 2.24) is 15.3 Å². The van der Waals surface area contributed by atoms with Crippen LogP contribution in [0.5, 0.6) is 5.75 Å². The van der Waals surface area contributed by atoms with Gasteiger partial charge in [0.15, 0.2) is 5.82 Å². The Morgan fingerprint density at radius 1 is 1.32 bits per heavy atom. The third-order valence-electron chi connectivity index (χ3n) is 6.46. The highest BCUT2D eigenvalue weighted by Gasteiger charge is 2.36. The second-order valence-corrected chi connectivity index (χ2v) is 9.28. The molecule has 0 saturated carbocycles. The Bertz CT molecular complexity index is 1220. The number of ether oxygens (including phenoxy) is 2. The van der Waals surface area contributed by atoms with Crippen LogP contribution >= 0.6 is 0 Å². The van der Waals surface area contributed by atoms with E-state index >= 15 is 0 Å². The molecule has 2 N–H and O–H groups in total. The fraction of sp³-hybridized carbons (Fsp3) is 0.400. The lowest BCUT2D eigenvalue weighted by Crippen LogP contribution is -2.39. The molecule has 2 fully saturated rings.